The molecule has 2 aromatic carbocycles. The fourth-order valence-electron chi connectivity index (χ4n) is 5.30. The van der Waals surface area contributed by atoms with Crippen LogP contribution in [0.5, 0.6) is 11.5 Å². The van der Waals surface area contributed by atoms with Gasteiger partial charge in [-0.15, -0.1) is 8.78 Å². The first kappa shape index (κ1) is 26.6. The van der Waals surface area contributed by atoms with Crippen molar-refractivity contribution < 1.29 is 28.2 Å². The van der Waals surface area contributed by atoms with E-state index < -0.39 is 17.8 Å². The highest BCUT2D eigenvalue weighted by atomic mass is 19.3. The maximum atomic E-state index is 13.4. The largest absolute Gasteiger partial charge is 0.586 e. The van der Waals surface area contributed by atoms with E-state index in [2.05, 4.69) is 52.3 Å². The van der Waals surface area contributed by atoms with Gasteiger partial charge in [0.2, 0.25) is 0 Å². The molecule has 1 fully saturated rings. The van der Waals surface area contributed by atoms with Gasteiger partial charge in [0.25, 0.3) is 0 Å². The van der Waals surface area contributed by atoms with Crippen molar-refractivity contribution in [2.75, 3.05) is 13.1 Å². The molecule has 1 aliphatic carbocycles. The third kappa shape index (κ3) is 4.90. The first-order valence-corrected chi connectivity index (χ1v) is 13.0. The topological polar surface area (TPSA) is 98.7 Å². The number of hydrogen-bond acceptors (Lipinski definition) is 6. The van der Waals surface area contributed by atoms with Gasteiger partial charge < -0.3 is 30.2 Å². The molecule has 0 spiro atoms. The summed E-state index contributed by atoms with van der Waals surface area (Å²) in [5.74, 6) is -0.0418. The van der Waals surface area contributed by atoms with Gasteiger partial charge in [-0.25, -0.2) is 0 Å². The maximum Gasteiger partial charge on any atom is 0.586 e. The number of nitrogens with one attached hydrogen (secondary N) is 1. The molecule has 4 N–H and O–H groups in total. The quantitative estimate of drug-likeness (QED) is 0.378. The van der Waals surface area contributed by atoms with Crippen LogP contribution in [-0.2, 0) is 22.2 Å². The molecule has 0 bridgehead atoms. The average Bonchev–Trinajstić information content (AvgIpc) is 3.49. The van der Waals surface area contributed by atoms with Gasteiger partial charge in [-0.1, -0.05) is 32.9 Å². The Kier molecular flexibility index (Phi) is 6.52. The molecule has 7 nitrogen and oxygen atoms in total. The number of rotatable bonds is 9. The van der Waals surface area contributed by atoms with Crippen LogP contribution in [0.1, 0.15) is 63.4 Å². The van der Waals surface area contributed by atoms with Crippen molar-refractivity contribution in [2.24, 2.45) is 5.73 Å². The third-order valence-corrected chi connectivity index (χ3v) is 7.67. The molecule has 0 radical (unpaired) electrons. The van der Waals surface area contributed by atoms with E-state index in [0.717, 1.165) is 22.2 Å². The molecule has 2 atom stereocenters. The van der Waals surface area contributed by atoms with Gasteiger partial charge in [0.15, 0.2) is 17.3 Å². The van der Waals surface area contributed by atoms with Crippen LogP contribution in [0.3, 0.4) is 0 Å². The smallest absolute Gasteiger partial charge is 0.395 e. The van der Waals surface area contributed by atoms with Crippen molar-refractivity contribution in [3.8, 4) is 11.5 Å². The van der Waals surface area contributed by atoms with Gasteiger partial charge in [0.1, 0.15) is 0 Å². The Labute approximate surface area is 220 Å². The second-order valence-corrected chi connectivity index (χ2v) is 11.5. The standard InChI is InChI=1S/C29H35F2N3O4/c1-17(18-5-7-22-19(11-18)12-25(27(2,3)4)34(22)16-21(35)14-32)33-15-26(36)28(9-10-28)20-6-8-23-24(13-20)38-29(30,31)37-23/h5-8,11-13,17,21,33,35H,9-10,14-16,32H2,1-4H3/t17?,21-/m0/s1. The number of aliphatic hydroxyl groups is 1. The minimum Gasteiger partial charge on any atom is -0.395 e. The van der Waals surface area contributed by atoms with Crippen LogP contribution in [0.4, 0.5) is 8.78 Å². The number of ether oxygens (including phenoxy) is 2. The number of nitrogens with zero attached hydrogens (tertiary/aromatic N) is 1. The monoisotopic (exact) mass is 527 g/mol. The zero-order chi connectivity index (χ0) is 27.5. The highest BCUT2D eigenvalue weighted by molar-refractivity contribution is 5.95. The minimum absolute atomic E-state index is 0.0213. The lowest BCUT2D eigenvalue weighted by Gasteiger charge is -2.23. The molecule has 0 amide bonds. The van der Waals surface area contributed by atoms with Crippen LogP contribution in [0.15, 0.2) is 42.5 Å². The van der Waals surface area contributed by atoms with Crippen molar-refractivity contribution in [1.29, 1.82) is 0 Å². The molecular formula is C29H35F2N3O4. The Balaban J connectivity index is 1.31. The Morgan fingerprint density at radius 1 is 1.13 bits per heavy atom. The molecule has 0 saturated heterocycles. The van der Waals surface area contributed by atoms with E-state index in [-0.39, 0.29) is 41.8 Å². The summed E-state index contributed by atoms with van der Waals surface area (Å²) in [5, 5.41) is 14.6. The number of carbonyl (C=O) groups is 1. The SMILES string of the molecule is CC(NCC(=O)C1(c2ccc3c(c2)OC(F)(F)O3)CC1)c1ccc2c(c1)cc(C(C)(C)C)n2C[C@@H](O)CN. The summed E-state index contributed by atoms with van der Waals surface area (Å²) in [6, 6.07) is 12.9. The zero-order valence-electron chi connectivity index (χ0n) is 22.2. The van der Waals surface area contributed by atoms with Crippen molar-refractivity contribution in [3.63, 3.8) is 0 Å². The lowest BCUT2D eigenvalue weighted by molar-refractivity contribution is -0.286. The Morgan fingerprint density at radius 3 is 2.50 bits per heavy atom. The van der Waals surface area contributed by atoms with Gasteiger partial charge in [0, 0.05) is 34.6 Å². The summed E-state index contributed by atoms with van der Waals surface area (Å²) >= 11 is 0. The number of hydrogen-bond donors (Lipinski definition) is 3. The van der Waals surface area contributed by atoms with Gasteiger partial charge >= 0.3 is 6.29 Å². The van der Waals surface area contributed by atoms with E-state index in [1.54, 1.807) is 6.07 Å². The lowest BCUT2D eigenvalue weighted by Crippen LogP contribution is -2.33. The van der Waals surface area contributed by atoms with Crippen LogP contribution < -0.4 is 20.5 Å². The zero-order valence-corrected chi connectivity index (χ0v) is 22.2. The second-order valence-electron chi connectivity index (χ2n) is 11.5. The predicted molar refractivity (Wildman–Crippen MR) is 141 cm³/mol. The molecule has 1 unspecified atom stereocenters. The Bertz CT molecular complexity index is 1370. The van der Waals surface area contributed by atoms with Crippen molar-refractivity contribution in [1.82, 2.24) is 9.88 Å². The molecule has 3 aromatic rings. The number of halogens is 2. The molecule has 1 saturated carbocycles. The van der Waals surface area contributed by atoms with E-state index in [1.807, 2.05) is 19.1 Å². The molecule has 2 heterocycles. The fraction of sp³-hybridized carbons (Fsp3) is 0.483. The lowest BCUT2D eigenvalue weighted by atomic mass is 9.90. The van der Waals surface area contributed by atoms with E-state index in [4.69, 9.17) is 5.73 Å². The van der Waals surface area contributed by atoms with Crippen molar-refractivity contribution in [2.45, 2.75) is 76.4 Å². The van der Waals surface area contributed by atoms with E-state index in [1.165, 1.54) is 12.1 Å². The van der Waals surface area contributed by atoms with Gasteiger partial charge in [-0.3, -0.25) is 4.79 Å². The van der Waals surface area contributed by atoms with Crippen LogP contribution in [0, 0.1) is 0 Å². The summed E-state index contributed by atoms with van der Waals surface area (Å²) in [7, 11) is 0. The summed E-state index contributed by atoms with van der Waals surface area (Å²) < 4.78 is 38.0. The highest BCUT2D eigenvalue weighted by Crippen LogP contribution is 2.52. The molecule has 1 aliphatic heterocycles. The molecule has 204 valence electrons. The number of benzene rings is 2. The summed E-state index contributed by atoms with van der Waals surface area (Å²) in [4.78, 5) is 13.3. The number of ketones is 1. The van der Waals surface area contributed by atoms with E-state index in [0.29, 0.717) is 24.9 Å². The van der Waals surface area contributed by atoms with Crippen LogP contribution >= 0.6 is 0 Å². The van der Waals surface area contributed by atoms with Gasteiger partial charge in [-0.2, -0.15) is 0 Å². The summed E-state index contributed by atoms with van der Waals surface area (Å²) in [6.45, 7) is 9.20. The van der Waals surface area contributed by atoms with Crippen LogP contribution in [-0.4, -0.2) is 40.9 Å². The molecule has 1 aromatic heterocycles. The number of nitrogens with two attached hydrogens (primary N) is 1. The molecule has 9 heteroatoms. The Hall–Kier alpha value is -3.01. The van der Waals surface area contributed by atoms with E-state index >= 15 is 0 Å². The summed E-state index contributed by atoms with van der Waals surface area (Å²) in [6.07, 6.45) is -2.98. The molecule has 38 heavy (non-hydrogen) atoms. The first-order valence-electron chi connectivity index (χ1n) is 13.0. The number of aromatic nitrogens is 1. The van der Waals surface area contributed by atoms with Gasteiger partial charge in [0.05, 0.1) is 24.6 Å². The Morgan fingerprint density at radius 2 is 1.84 bits per heavy atom. The number of Topliss-reactive ketones (excluding diaryl/α,β-unsaturated/α-hetero) is 1. The normalized spacial score (nSPS) is 18.9. The second kappa shape index (κ2) is 9.32. The minimum atomic E-state index is -3.68. The summed E-state index contributed by atoms with van der Waals surface area (Å²) in [5.41, 5.74) is 8.73. The number of alkyl halides is 2. The van der Waals surface area contributed by atoms with Crippen molar-refractivity contribution >= 4 is 16.7 Å². The first-order chi connectivity index (χ1) is 17.8. The van der Waals surface area contributed by atoms with Crippen LogP contribution in [0.2, 0.25) is 0 Å². The highest BCUT2D eigenvalue weighted by Gasteiger charge is 2.52. The number of aliphatic hydroxyl groups excluding tert-OH is 1. The van der Waals surface area contributed by atoms with Crippen molar-refractivity contribution in [3.05, 3.63) is 59.3 Å². The number of fused-ring (bicyclic) bond motifs is 2. The number of carbonyl (C=O) groups excluding carboxylic acids is 1. The fourth-order valence-corrected chi connectivity index (χ4v) is 5.30. The molecular weight excluding hydrogens is 492 g/mol. The predicted octanol–water partition coefficient (Wildman–Crippen LogP) is 4.53. The average molecular weight is 528 g/mol. The van der Waals surface area contributed by atoms with Crippen LogP contribution in [0.25, 0.3) is 10.9 Å². The third-order valence-electron chi connectivity index (χ3n) is 7.67. The molecule has 2 aliphatic rings. The van der Waals surface area contributed by atoms with E-state index in [9.17, 15) is 18.7 Å². The van der Waals surface area contributed by atoms with Gasteiger partial charge in [-0.05, 0) is 61.2 Å². The molecule has 5 rings (SSSR count). The maximum absolute atomic E-state index is 13.4.